The minimum Gasteiger partial charge on any atom is -0.465 e. The average Bonchev–Trinajstić information content (AvgIpc) is 2.46. The van der Waals surface area contributed by atoms with Gasteiger partial charge in [-0.1, -0.05) is 32.5 Å². The van der Waals surface area contributed by atoms with E-state index in [9.17, 15) is 9.59 Å². The Morgan fingerprint density at radius 2 is 2.00 bits per heavy atom. The van der Waals surface area contributed by atoms with Crippen LogP contribution in [0.1, 0.15) is 34.1 Å². The van der Waals surface area contributed by atoms with Crippen molar-refractivity contribution in [2.75, 3.05) is 11.9 Å². The molecule has 0 radical (unpaired) electrons. The van der Waals surface area contributed by atoms with Crippen LogP contribution in [0.5, 0.6) is 0 Å². The van der Waals surface area contributed by atoms with Crippen molar-refractivity contribution in [3.05, 3.63) is 12.1 Å². The highest BCUT2D eigenvalue weighted by atomic mass is 32.2. The van der Waals surface area contributed by atoms with E-state index in [0.717, 1.165) is 0 Å². The maximum Gasteiger partial charge on any atom is 0.319 e. The summed E-state index contributed by atoms with van der Waals surface area (Å²) in [5, 5.41) is 10.9. The van der Waals surface area contributed by atoms with Gasteiger partial charge in [0.05, 0.1) is 6.61 Å². The smallest absolute Gasteiger partial charge is 0.319 e. The van der Waals surface area contributed by atoms with Crippen molar-refractivity contribution < 1.29 is 14.3 Å². The normalized spacial score (nSPS) is 12.0. The lowest BCUT2D eigenvalue weighted by Crippen LogP contribution is -2.20. The van der Waals surface area contributed by atoms with Crippen LogP contribution in [-0.2, 0) is 14.3 Å². The van der Waals surface area contributed by atoms with Crippen molar-refractivity contribution in [2.45, 2.75) is 44.4 Å². The SMILES string of the molecule is CCOC(=O)C(CC)Sc1ccc(NC(=O)C(C)C)nn1. The topological polar surface area (TPSA) is 81.2 Å². The molecule has 0 spiro atoms. The highest BCUT2D eigenvalue weighted by Gasteiger charge is 2.20. The Morgan fingerprint density at radius 3 is 2.48 bits per heavy atom. The zero-order valence-corrected chi connectivity index (χ0v) is 13.6. The highest BCUT2D eigenvalue weighted by molar-refractivity contribution is 8.00. The summed E-state index contributed by atoms with van der Waals surface area (Å²) in [6.45, 7) is 7.67. The van der Waals surface area contributed by atoms with Gasteiger partial charge in [0.15, 0.2) is 5.82 Å². The van der Waals surface area contributed by atoms with E-state index in [1.54, 1.807) is 32.9 Å². The van der Waals surface area contributed by atoms with Crippen molar-refractivity contribution >= 4 is 29.5 Å². The summed E-state index contributed by atoms with van der Waals surface area (Å²) in [6, 6.07) is 3.41. The lowest BCUT2D eigenvalue weighted by molar-refractivity contribution is -0.142. The third-order valence-corrected chi connectivity index (χ3v) is 3.87. The number of esters is 1. The lowest BCUT2D eigenvalue weighted by atomic mass is 10.2. The Hall–Kier alpha value is -1.63. The molecule has 0 aliphatic heterocycles. The van der Waals surface area contributed by atoms with Crippen LogP contribution in [0.3, 0.4) is 0 Å². The summed E-state index contributed by atoms with van der Waals surface area (Å²) >= 11 is 1.31. The first-order valence-corrected chi connectivity index (χ1v) is 7.83. The summed E-state index contributed by atoms with van der Waals surface area (Å²) in [5.74, 6) is -0.0666. The molecule has 0 aromatic carbocycles. The fraction of sp³-hybridized carbons (Fsp3) is 0.571. The summed E-state index contributed by atoms with van der Waals surface area (Å²) in [7, 11) is 0. The van der Waals surface area contributed by atoms with Gasteiger partial charge in [-0.05, 0) is 25.5 Å². The number of carbonyl (C=O) groups excluding carboxylic acids is 2. The molecule has 1 unspecified atom stereocenters. The van der Waals surface area contributed by atoms with E-state index in [-0.39, 0.29) is 23.0 Å². The molecular weight excluding hydrogens is 290 g/mol. The van der Waals surface area contributed by atoms with Gasteiger partial charge in [0.1, 0.15) is 10.3 Å². The molecule has 0 saturated carbocycles. The first-order valence-electron chi connectivity index (χ1n) is 6.95. The minimum atomic E-state index is -0.296. The average molecular weight is 311 g/mol. The van der Waals surface area contributed by atoms with Crippen molar-refractivity contribution in [3.8, 4) is 0 Å². The van der Waals surface area contributed by atoms with E-state index in [4.69, 9.17) is 4.74 Å². The Morgan fingerprint density at radius 1 is 1.29 bits per heavy atom. The first-order chi connectivity index (χ1) is 9.97. The molecular formula is C14H21N3O3S. The zero-order chi connectivity index (χ0) is 15.8. The van der Waals surface area contributed by atoms with Crippen molar-refractivity contribution in [2.24, 2.45) is 5.92 Å². The van der Waals surface area contributed by atoms with Gasteiger partial charge in [-0.15, -0.1) is 10.2 Å². The lowest BCUT2D eigenvalue weighted by Gasteiger charge is -2.12. The molecule has 1 atom stereocenters. The van der Waals surface area contributed by atoms with Crippen LogP contribution in [-0.4, -0.2) is 33.9 Å². The number of thioether (sulfide) groups is 1. The van der Waals surface area contributed by atoms with E-state index in [1.165, 1.54) is 11.8 Å². The summed E-state index contributed by atoms with van der Waals surface area (Å²) in [6.07, 6.45) is 0.650. The molecule has 1 aromatic rings. The Bertz CT molecular complexity index is 477. The second-order valence-electron chi connectivity index (χ2n) is 4.67. The number of anilines is 1. The van der Waals surface area contributed by atoms with Crippen molar-refractivity contribution in [1.29, 1.82) is 0 Å². The number of nitrogens with one attached hydrogen (secondary N) is 1. The quantitative estimate of drug-likeness (QED) is 0.615. The van der Waals surface area contributed by atoms with E-state index in [1.807, 2.05) is 6.92 Å². The molecule has 1 rings (SSSR count). The van der Waals surface area contributed by atoms with Gasteiger partial charge in [0, 0.05) is 5.92 Å². The van der Waals surface area contributed by atoms with Crippen molar-refractivity contribution in [3.63, 3.8) is 0 Å². The molecule has 21 heavy (non-hydrogen) atoms. The maximum absolute atomic E-state index is 11.7. The standard InChI is InChI=1S/C14H21N3O3S/c1-5-10(14(19)20-6-2)21-12-8-7-11(16-17-12)15-13(18)9(3)4/h7-10H,5-6H2,1-4H3,(H,15,16,18). The molecule has 1 heterocycles. The van der Waals surface area contributed by atoms with Crippen LogP contribution in [0.15, 0.2) is 17.2 Å². The van der Waals surface area contributed by atoms with Crippen LogP contribution < -0.4 is 5.32 Å². The van der Waals surface area contributed by atoms with Gasteiger partial charge < -0.3 is 10.1 Å². The predicted molar refractivity (Wildman–Crippen MR) is 82.1 cm³/mol. The fourth-order valence-corrected chi connectivity index (χ4v) is 2.26. The second kappa shape index (κ2) is 8.61. The predicted octanol–water partition coefficient (Wildman–Crippen LogP) is 2.50. The van der Waals surface area contributed by atoms with Gasteiger partial charge in [-0.2, -0.15) is 0 Å². The number of ether oxygens (including phenoxy) is 1. The van der Waals surface area contributed by atoms with Crippen molar-refractivity contribution in [1.82, 2.24) is 10.2 Å². The number of hydrogen-bond acceptors (Lipinski definition) is 6. The first kappa shape index (κ1) is 17.4. The molecule has 1 aromatic heterocycles. The van der Waals surface area contributed by atoms with Crippen LogP contribution in [0.2, 0.25) is 0 Å². The number of nitrogens with zero attached hydrogens (tertiary/aromatic N) is 2. The highest BCUT2D eigenvalue weighted by Crippen LogP contribution is 2.24. The van der Waals surface area contributed by atoms with Gasteiger partial charge >= 0.3 is 5.97 Å². The maximum atomic E-state index is 11.7. The van der Waals surface area contributed by atoms with E-state index < -0.39 is 0 Å². The third-order valence-electron chi connectivity index (χ3n) is 2.60. The number of amides is 1. The molecule has 0 aliphatic carbocycles. The zero-order valence-electron chi connectivity index (χ0n) is 12.8. The van der Waals surface area contributed by atoms with Crippen LogP contribution in [0.4, 0.5) is 5.82 Å². The number of rotatable bonds is 7. The fourth-order valence-electron chi connectivity index (χ4n) is 1.40. The Labute approximate surface area is 129 Å². The molecule has 116 valence electrons. The summed E-state index contributed by atoms with van der Waals surface area (Å²) in [5.41, 5.74) is 0. The molecule has 7 heteroatoms. The summed E-state index contributed by atoms with van der Waals surface area (Å²) < 4.78 is 5.00. The minimum absolute atomic E-state index is 0.109. The number of hydrogen-bond donors (Lipinski definition) is 1. The van der Waals surface area contributed by atoms with E-state index >= 15 is 0 Å². The van der Waals surface area contributed by atoms with Gasteiger partial charge in [0.2, 0.25) is 5.91 Å². The summed E-state index contributed by atoms with van der Waals surface area (Å²) in [4.78, 5) is 23.3. The number of carbonyl (C=O) groups is 2. The van der Waals surface area contributed by atoms with Crippen LogP contribution >= 0.6 is 11.8 Å². The van der Waals surface area contributed by atoms with E-state index in [0.29, 0.717) is 23.9 Å². The molecule has 0 saturated heterocycles. The molecule has 6 nitrogen and oxygen atoms in total. The second-order valence-corrected chi connectivity index (χ2v) is 5.89. The largest absolute Gasteiger partial charge is 0.465 e. The van der Waals surface area contributed by atoms with Gasteiger partial charge in [-0.25, -0.2) is 0 Å². The van der Waals surface area contributed by atoms with Gasteiger partial charge in [-0.3, -0.25) is 9.59 Å². The van der Waals surface area contributed by atoms with E-state index in [2.05, 4.69) is 15.5 Å². The Balaban J connectivity index is 2.65. The van der Waals surface area contributed by atoms with Crippen LogP contribution in [0.25, 0.3) is 0 Å². The van der Waals surface area contributed by atoms with Crippen LogP contribution in [0, 0.1) is 5.92 Å². The number of aromatic nitrogens is 2. The molecule has 1 N–H and O–H groups in total. The molecule has 0 aliphatic rings. The Kier molecular flexibility index (Phi) is 7.14. The van der Waals surface area contributed by atoms with Gasteiger partial charge in [0.25, 0.3) is 0 Å². The molecule has 1 amide bonds. The monoisotopic (exact) mass is 311 g/mol. The molecule has 0 bridgehead atoms. The molecule has 0 fully saturated rings. The third kappa shape index (κ3) is 5.71.